The van der Waals surface area contributed by atoms with Gasteiger partial charge in [-0.25, -0.2) is 0 Å². The lowest BCUT2D eigenvalue weighted by Crippen LogP contribution is -2.31. The largest absolute Gasteiger partial charge is 0.311 e. The van der Waals surface area contributed by atoms with E-state index >= 15 is 0 Å². The minimum absolute atomic E-state index is 0.755. The van der Waals surface area contributed by atoms with Crippen LogP contribution in [0.4, 0.5) is 0 Å². The molecule has 0 unspecified atom stereocenters. The van der Waals surface area contributed by atoms with Gasteiger partial charge in [0.25, 0.3) is 0 Å². The van der Waals surface area contributed by atoms with E-state index in [4.69, 9.17) is 0 Å². The number of rotatable bonds is 27. The van der Waals surface area contributed by atoms with Gasteiger partial charge in [-0.2, -0.15) is 0 Å². The molecule has 0 amide bonds. The first-order valence-electron chi connectivity index (χ1n) is 21.6. The lowest BCUT2D eigenvalue weighted by atomic mass is 9.95. The maximum absolute atomic E-state index is 3.74. The van der Waals surface area contributed by atoms with Crippen LogP contribution in [0.5, 0.6) is 0 Å². The molecule has 0 spiro atoms. The highest BCUT2D eigenvalue weighted by molar-refractivity contribution is 5.10. The van der Waals surface area contributed by atoms with E-state index in [-0.39, 0.29) is 0 Å². The van der Waals surface area contributed by atoms with Crippen LogP contribution in [0.1, 0.15) is 204 Å². The first kappa shape index (κ1) is 47.6. The molecule has 1 N–H and O–H groups in total. The van der Waals surface area contributed by atoms with Crippen molar-refractivity contribution in [2.75, 3.05) is 6.54 Å². The van der Waals surface area contributed by atoms with Gasteiger partial charge in [0.05, 0.1) is 0 Å². The summed E-state index contributed by atoms with van der Waals surface area (Å²) >= 11 is 0. The van der Waals surface area contributed by atoms with Crippen molar-refractivity contribution in [1.82, 2.24) is 5.32 Å². The number of allylic oxidation sites excluding steroid dienone is 17. The van der Waals surface area contributed by atoms with E-state index in [1.807, 2.05) is 0 Å². The van der Waals surface area contributed by atoms with Crippen molar-refractivity contribution in [3.05, 3.63) is 105 Å². The molecule has 1 saturated carbocycles. The van der Waals surface area contributed by atoms with Crippen molar-refractivity contribution in [1.29, 1.82) is 0 Å². The summed E-state index contributed by atoms with van der Waals surface area (Å²) < 4.78 is 0. The van der Waals surface area contributed by atoms with Crippen molar-refractivity contribution in [3.8, 4) is 0 Å². The quantitative estimate of drug-likeness (QED) is 0.0837. The molecule has 1 aliphatic carbocycles. The van der Waals surface area contributed by atoms with Gasteiger partial charge in [0.15, 0.2) is 0 Å². The Bertz CT molecular complexity index is 1240. The zero-order valence-corrected chi connectivity index (χ0v) is 36.3. The van der Waals surface area contributed by atoms with Gasteiger partial charge in [-0.3, -0.25) is 0 Å². The Balaban J connectivity index is 2.19. The highest BCUT2D eigenvalue weighted by Crippen LogP contribution is 2.19. The molecular formula is C51H85N. The van der Waals surface area contributed by atoms with Crippen LogP contribution in [0.15, 0.2) is 105 Å². The van der Waals surface area contributed by atoms with Gasteiger partial charge >= 0.3 is 0 Å². The van der Waals surface area contributed by atoms with Crippen molar-refractivity contribution in [3.63, 3.8) is 0 Å². The SMILES string of the molecule is CC(C)=CCC/C(C)=C/CC/C(C)=C/CC/C(C)=C/CC/C(C)=C/CC/C(C)=C/CC/C(C)=C/CC/C(C)=C/CC/C(C)=C/CNC1CCCCC1. The fourth-order valence-corrected chi connectivity index (χ4v) is 6.94. The van der Waals surface area contributed by atoms with E-state index < -0.39 is 0 Å². The van der Waals surface area contributed by atoms with Gasteiger partial charge in [0.2, 0.25) is 0 Å². The molecule has 294 valence electrons. The van der Waals surface area contributed by atoms with E-state index in [2.05, 4.69) is 129 Å². The highest BCUT2D eigenvalue weighted by Gasteiger charge is 2.11. The summed E-state index contributed by atoms with van der Waals surface area (Å²) in [4.78, 5) is 0. The summed E-state index contributed by atoms with van der Waals surface area (Å²) in [7, 11) is 0. The Morgan fingerprint density at radius 1 is 0.346 bits per heavy atom. The van der Waals surface area contributed by atoms with Gasteiger partial charge in [-0.05, 0) is 185 Å². The maximum Gasteiger partial charge on any atom is 0.0140 e. The Hall–Kier alpha value is -2.38. The number of hydrogen-bond acceptors (Lipinski definition) is 1. The van der Waals surface area contributed by atoms with Gasteiger partial charge < -0.3 is 5.32 Å². The van der Waals surface area contributed by atoms with Crippen LogP contribution >= 0.6 is 0 Å². The van der Waals surface area contributed by atoms with Crippen LogP contribution in [0, 0.1) is 0 Å². The summed E-state index contributed by atoms with van der Waals surface area (Å²) in [5.41, 5.74) is 13.7. The third kappa shape index (κ3) is 29.1. The predicted molar refractivity (Wildman–Crippen MR) is 238 cm³/mol. The predicted octanol–water partition coefficient (Wildman–Crippen LogP) is 16.7. The van der Waals surface area contributed by atoms with Crippen molar-refractivity contribution in [2.24, 2.45) is 0 Å². The van der Waals surface area contributed by atoms with E-state index in [1.165, 1.54) is 179 Å². The third-order valence-electron chi connectivity index (χ3n) is 10.8. The van der Waals surface area contributed by atoms with Crippen LogP contribution in [0.25, 0.3) is 0 Å². The summed E-state index contributed by atoms with van der Waals surface area (Å²) in [5.74, 6) is 0. The molecule has 0 radical (unpaired) electrons. The second kappa shape index (κ2) is 31.0. The van der Waals surface area contributed by atoms with Crippen molar-refractivity contribution >= 4 is 0 Å². The van der Waals surface area contributed by atoms with Crippen molar-refractivity contribution < 1.29 is 0 Å². The number of hydrogen-bond donors (Lipinski definition) is 1. The fourth-order valence-electron chi connectivity index (χ4n) is 6.94. The average Bonchev–Trinajstić information content (AvgIpc) is 3.08. The van der Waals surface area contributed by atoms with Gasteiger partial charge in [0.1, 0.15) is 0 Å². The molecule has 0 atom stereocenters. The topological polar surface area (TPSA) is 12.0 Å². The van der Waals surface area contributed by atoms with Crippen LogP contribution < -0.4 is 5.32 Å². The molecule has 1 heteroatoms. The first-order chi connectivity index (χ1) is 24.9. The lowest BCUT2D eigenvalue weighted by Gasteiger charge is -2.22. The molecule has 52 heavy (non-hydrogen) atoms. The molecule has 0 saturated heterocycles. The summed E-state index contributed by atoms with van der Waals surface area (Å²) in [6.45, 7) is 23.8. The molecule has 1 fully saturated rings. The third-order valence-corrected chi connectivity index (χ3v) is 10.8. The van der Waals surface area contributed by atoms with E-state index in [0.717, 1.165) is 19.0 Å². The van der Waals surface area contributed by atoms with Crippen molar-refractivity contribution in [2.45, 2.75) is 210 Å². The van der Waals surface area contributed by atoms with Gasteiger partial charge in [-0.1, -0.05) is 124 Å². The molecular weight excluding hydrogens is 627 g/mol. The zero-order chi connectivity index (χ0) is 38.4. The van der Waals surface area contributed by atoms with E-state index in [1.54, 1.807) is 0 Å². The Morgan fingerprint density at radius 2 is 0.596 bits per heavy atom. The maximum atomic E-state index is 3.74. The molecule has 1 rings (SSSR count). The van der Waals surface area contributed by atoms with Gasteiger partial charge in [-0.15, -0.1) is 0 Å². The fraction of sp³-hybridized carbons (Fsp3) is 0.647. The van der Waals surface area contributed by atoms with Crippen LogP contribution in [-0.2, 0) is 0 Å². The molecule has 1 nitrogen and oxygen atoms in total. The molecule has 0 aromatic heterocycles. The summed E-state index contributed by atoms with van der Waals surface area (Å²) in [6.07, 6.45) is 47.8. The Kier molecular flexibility index (Phi) is 28.4. The standard InChI is InChI=1S/C51H85N/c1-42(2)22-14-23-43(3)24-15-25-44(4)26-16-27-45(5)28-17-29-46(6)30-18-31-47(7)32-19-33-48(8)34-20-35-49(9)36-21-37-50(10)40-41-52-51-38-12-11-13-39-51/h22,24,26,28,30,32,34,36,40,51-52H,11-21,23,25,27,29,31,33,35,37-39,41H2,1-10H3/b43-24+,44-26+,45-28+,46-30+,47-32+,48-34+,49-36+,50-40+. The number of nitrogens with one attached hydrogen (secondary N) is 1. The lowest BCUT2D eigenvalue weighted by molar-refractivity contribution is 0.385. The molecule has 0 aromatic carbocycles. The van der Waals surface area contributed by atoms with Crippen LogP contribution in [0.3, 0.4) is 0 Å². The average molecular weight is 712 g/mol. The first-order valence-corrected chi connectivity index (χ1v) is 21.6. The minimum atomic E-state index is 0.755. The second-order valence-electron chi connectivity index (χ2n) is 16.7. The minimum Gasteiger partial charge on any atom is -0.311 e. The normalized spacial score (nSPS) is 16.6. The Morgan fingerprint density at radius 3 is 0.865 bits per heavy atom. The smallest absolute Gasteiger partial charge is 0.0140 e. The Labute approximate surface area is 325 Å². The van der Waals surface area contributed by atoms with Crippen LogP contribution in [-0.4, -0.2) is 12.6 Å². The zero-order valence-electron chi connectivity index (χ0n) is 36.3. The second-order valence-corrected chi connectivity index (χ2v) is 16.7. The van der Waals surface area contributed by atoms with Gasteiger partial charge in [0, 0.05) is 12.6 Å². The molecule has 0 bridgehead atoms. The highest BCUT2D eigenvalue weighted by atomic mass is 14.9. The summed E-state index contributed by atoms with van der Waals surface area (Å²) in [5, 5.41) is 3.74. The monoisotopic (exact) mass is 712 g/mol. The van der Waals surface area contributed by atoms with E-state index in [9.17, 15) is 0 Å². The molecule has 1 aliphatic rings. The molecule has 0 heterocycles. The van der Waals surface area contributed by atoms with Crippen LogP contribution in [0.2, 0.25) is 0 Å². The van der Waals surface area contributed by atoms with E-state index in [0.29, 0.717) is 0 Å². The molecule has 0 aromatic rings. The summed E-state index contributed by atoms with van der Waals surface area (Å²) in [6, 6.07) is 0.755. The molecule has 0 aliphatic heterocycles.